The molecule has 1 aromatic carbocycles. The highest BCUT2D eigenvalue weighted by Crippen LogP contribution is 2.58. The van der Waals surface area contributed by atoms with Crippen LogP contribution in [0.1, 0.15) is 39.3 Å². The number of aliphatic carboxylic acids is 1. The van der Waals surface area contributed by atoms with E-state index in [1.807, 2.05) is 0 Å². The third-order valence-corrected chi connectivity index (χ3v) is 8.59. The molecule has 12 nitrogen and oxygen atoms in total. The van der Waals surface area contributed by atoms with Crippen LogP contribution < -0.4 is 15.7 Å². The second-order valence-electron chi connectivity index (χ2n) is 9.77. The molecule has 2 N–H and O–H groups in total. The van der Waals surface area contributed by atoms with Crippen molar-refractivity contribution in [3.05, 3.63) is 35.9 Å². The van der Waals surface area contributed by atoms with Gasteiger partial charge >= 0.3 is 17.8 Å². The molecule has 13 heteroatoms. The van der Waals surface area contributed by atoms with E-state index >= 15 is 0 Å². The third kappa shape index (κ3) is 4.30. The van der Waals surface area contributed by atoms with Gasteiger partial charge in [-0.25, -0.2) is 4.79 Å². The average molecular weight is 531 g/mol. The highest BCUT2D eigenvalue weighted by Gasteiger charge is 2.69. The van der Waals surface area contributed by atoms with Gasteiger partial charge in [0.05, 0.1) is 12.0 Å². The zero-order valence-corrected chi connectivity index (χ0v) is 21.7. The molecule has 198 valence electrons. The number of nitrogens with zero attached hydrogens (tertiary/aromatic N) is 3. The maximum absolute atomic E-state index is 13.4. The minimum absolute atomic E-state index is 0.0299. The van der Waals surface area contributed by atoms with Gasteiger partial charge in [0, 0.05) is 24.4 Å². The molecule has 3 heterocycles. The summed E-state index contributed by atoms with van der Waals surface area (Å²) in [6.45, 7) is 7.25. The first kappa shape index (κ1) is 26.5. The number of nitrogens with one attached hydrogen (secondary N) is 2. The van der Waals surface area contributed by atoms with Crippen molar-refractivity contribution in [2.45, 2.75) is 55.4 Å². The fourth-order valence-corrected chi connectivity index (χ4v) is 7.13. The molecule has 0 unspecified atom stereocenters. The molecule has 0 radical (unpaired) electrons. The van der Waals surface area contributed by atoms with Crippen molar-refractivity contribution in [3.8, 4) is 0 Å². The van der Waals surface area contributed by atoms with E-state index in [4.69, 9.17) is 0 Å². The monoisotopic (exact) mass is 530 g/mol. The van der Waals surface area contributed by atoms with Gasteiger partial charge in [0.2, 0.25) is 11.8 Å². The van der Waals surface area contributed by atoms with Crippen molar-refractivity contribution in [2.24, 2.45) is 0 Å². The van der Waals surface area contributed by atoms with Crippen molar-refractivity contribution in [1.82, 2.24) is 25.3 Å². The minimum atomic E-state index is -1.38. The Morgan fingerprint density at radius 3 is 2.32 bits per heavy atom. The second-order valence-corrected chi connectivity index (χ2v) is 11.8. The van der Waals surface area contributed by atoms with Crippen LogP contribution >= 0.6 is 11.8 Å². The predicted molar refractivity (Wildman–Crippen MR) is 129 cm³/mol. The fourth-order valence-electron chi connectivity index (χ4n) is 5.18. The summed E-state index contributed by atoms with van der Waals surface area (Å²) in [5.74, 6) is -4.47. The Morgan fingerprint density at radius 2 is 1.73 bits per heavy atom. The molecule has 4 rings (SSSR count). The minimum Gasteiger partial charge on any atom is -0.548 e. The van der Waals surface area contributed by atoms with E-state index in [1.54, 1.807) is 58.0 Å². The molecule has 3 fully saturated rings. The number of hydrogen-bond donors (Lipinski definition) is 2. The number of fused-ring (bicyclic) bond motifs is 1. The van der Waals surface area contributed by atoms with E-state index < -0.39 is 63.4 Å². The number of carboxylic acid groups (broad SMARTS) is 1. The SMILES string of the molecule is CCN1CCN(C(=O)N[C@@H](C(=O)N[C@H]2C(=O)N3[C@H](C(=O)[O-])C(C)(C)S[C@@]23C)c2ccccc2)C(=O)C1=O. The van der Waals surface area contributed by atoms with Gasteiger partial charge in [0.15, 0.2) is 0 Å². The van der Waals surface area contributed by atoms with Crippen LogP contribution in [-0.4, -0.2) is 91.7 Å². The summed E-state index contributed by atoms with van der Waals surface area (Å²) in [5.41, 5.74) is 0.389. The normalized spacial score (nSPS) is 27.4. The Bertz CT molecular complexity index is 1180. The molecule has 0 aliphatic carbocycles. The van der Waals surface area contributed by atoms with Crippen LogP contribution in [0.4, 0.5) is 4.79 Å². The van der Waals surface area contributed by atoms with Gasteiger partial charge in [-0.1, -0.05) is 30.3 Å². The Kier molecular flexibility index (Phi) is 6.69. The molecule has 6 amide bonds. The Balaban J connectivity index is 1.54. The first-order valence-electron chi connectivity index (χ1n) is 11.8. The summed E-state index contributed by atoms with van der Waals surface area (Å²) < 4.78 is -0.858. The average Bonchev–Trinajstić information content (AvgIpc) is 3.05. The number of thioether (sulfide) groups is 1. The number of benzene rings is 1. The first-order chi connectivity index (χ1) is 17.3. The van der Waals surface area contributed by atoms with E-state index in [2.05, 4.69) is 10.6 Å². The quantitative estimate of drug-likeness (QED) is 0.343. The molecule has 3 aliphatic rings. The number of carboxylic acids is 1. The number of hydrogen-bond acceptors (Lipinski definition) is 8. The summed E-state index contributed by atoms with van der Waals surface area (Å²) in [5, 5.41) is 16.9. The summed E-state index contributed by atoms with van der Waals surface area (Å²) in [7, 11) is 0. The molecule has 3 saturated heterocycles. The van der Waals surface area contributed by atoms with Gasteiger partial charge in [0.1, 0.15) is 17.0 Å². The Morgan fingerprint density at radius 1 is 1.08 bits per heavy atom. The molecule has 3 aliphatic heterocycles. The van der Waals surface area contributed by atoms with Crippen LogP contribution in [0.25, 0.3) is 0 Å². The maximum atomic E-state index is 13.4. The third-order valence-electron chi connectivity index (χ3n) is 6.99. The summed E-state index contributed by atoms with van der Waals surface area (Å²) >= 11 is 1.24. The van der Waals surface area contributed by atoms with Gasteiger partial charge in [-0.3, -0.25) is 24.1 Å². The van der Waals surface area contributed by atoms with E-state index in [9.17, 15) is 33.9 Å². The molecule has 0 bridgehead atoms. The number of urea groups is 1. The zero-order chi connectivity index (χ0) is 27.3. The molecule has 1 aromatic rings. The summed E-state index contributed by atoms with van der Waals surface area (Å²) in [4.78, 5) is 78.2. The van der Waals surface area contributed by atoms with Crippen LogP contribution in [0.15, 0.2) is 30.3 Å². The van der Waals surface area contributed by atoms with Crippen molar-refractivity contribution < 1.29 is 33.9 Å². The summed E-state index contributed by atoms with van der Waals surface area (Å²) in [6, 6.07) is 3.82. The number of carbonyl (C=O) groups is 6. The van der Waals surface area contributed by atoms with E-state index in [0.717, 1.165) is 4.90 Å². The number of piperazine rings is 1. The lowest BCUT2D eigenvalue weighted by molar-refractivity contribution is -0.313. The van der Waals surface area contributed by atoms with Gasteiger partial charge in [-0.05, 0) is 33.3 Å². The zero-order valence-electron chi connectivity index (χ0n) is 20.8. The summed E-state index contributed by atoms with van der Waals surface area (Å²) in [6.07, 6.45) is 0. The van der Waals surface area contributed by atoms with Crippen LogP contribution in [-0.2, 0) is 24.0 Å². The highest BCUT2D eigenvalue weighted by molar-refractivity contribution is 8.02. The number of β-lactam (4-membered cyclic amide) rings is 1. The van der Waals surface area contributed by atoms with Gasteiger partial charge in [-0.2, -0.15) is 0 Å². The molecule has 4 atom stereocenters. The lowest BCUT2D eigenvalue weighted by Crippen LogP contribution is -2.77. The Hall–Kier alpha value is -3.61. The van der Waals surface area contributed by atoms with Crippen LogP contribution in [0.3, 0.4) is 0 Å². The van der Waals surface area contributed by atoms with Gasteiger partial charge in [-0.15, -0.1) is 11.8 Å². The van der Waals surface area contributed by atoms with Crippen molar-refractivity contribution in [1.29, 1.82) is 0 Å². The highest BCUT2D eigenvalue weighted by atomic mass is 32.2. The lowest BCUT2D eigenvalue weighted by atomic mass is 9.89. The van der Waals surface area contributed by atoms with Crippen LogP contribution in [0.2, 0.25) is 0 Å². The number of likely N-dealkylation sites (N-methyl/N-ethyl adjacent to an activating group) is 1. The molecular weight excluding hydrogens is 502 g/mol. The number of amides is 6. The molecule has 37 heavy (non-hydrogen) atoms. The number of imide groups is 1. The topological polar surface area (TPSA) is 159 Å². The second kappa shape index (κ2) is 9.36. The smallest absolute Gasteiger partial charge is 0.325 e. The van der Waals surface area contributed by atoms with E-state index in [-0.39, 0.29) is 13.1 Å². The van der Waals surface area contributed by atoms with Crippen molar-refractivity contribution in [2.75, 3.05) is 19.6 Å². The lowest BCUT2D eigenvalue weighted by Gasteiger charge is -2.52. The van der Waals surface area contributed by atoms with Crippen molar-refractivity contribution >= 4 is 47.4 Å². The number of rotatable bonds is 6. The van der Waals surface area contributed by atoms with E-state index in [0.29, 0.717) is 12.1 Å². The van der Waals surface area contributed by atoms with Gasteiger partial charge in [0.25, 0.3) is 0 Å². The maximum Gasteiger partial charge on any atom is 0.325 e. The standard InChI is InChI=1S/C24H29N5O7S/c1-5-27-11-12-28(20(33)19(27)32)22(36)25-14(13-9-7-6-8-10-13)17(30)26-15-18(31)29-16(21(34)35)23(2,3)37-24(15,29)4/h6-10,14-16H,5,11-12H2,1-4H3,(H,25,36)(H,26,30)(H,34,35)/p-1/t14-,15+,16-,24+/m1/s1. The van der Waals surface area contributed by atoms with E-state index in [1.165, 1.54) is 21.6 Å². The Labute approximate surface area is 217 Å². The van der Waals surface area contributed by atoms with Gasteiger partial charge < -0.3 is 30.3 Å². The van der Waals surface area contributed by atoms with Crippen LogP contribution in [0, 0.1) is 0 Å². The number of carbonyl (C=O) groups excluding carboxylic acids is 6. The molecular formula is C24H28N5O7S-. The van der Waals surface area contributed by atoms with Crippen molar-refractivity contribution in [3.63, 3.8) is 0 Å². The largest absolute Gasteiger partial charge is 0.548 e. The predicted octanol–water partition coefficient (Wildman–Crippen LogP) is -1.18. The molecule has 0 saturated carbocycles. The van der Waals surface area contributed by atoms with Crippen LogP contribution in [0.5, 0.6) is 0 Å². The fraction of sp³-hybridized carbons (Fsp3) is 0.500. The molecule has 0 spiro atoms. The molecule has 0 aromatic heterocycles. The first-order valence-corrected chi connectivity index (χ1v) is 12.7.